The molecule has 4 rings (SSSR count). The molecule has 1 unspecified atom stereocenters. The number of aromatic nitrogens is 1. The predicted molar refractivity (Wildman–Crippen MR) is 128 cm³/mol. The summed E-state index contributed by atoms with van der Waals surface area (Å²) in [6.45, 7) is -0.230. The maximum atomic E-state index is 13.9. The number of ether oxygens (including phenoxy) is 1. The molecule has 166 valence electrons. The number of nitrogens with zero attached hydrogens (tertiary/aromatic N) is 1. The third kappa shape index (κ3) is 5.13. The molecule has 2 N–H and O–H groups in total. The number of carboxylic acids is 1. The number of carboxylic acid groups (broad SMARTS) is 1. The molecule has 0 radical (unpaired) electrons. The first-order chi connectivity index (χ1) is 16.0. The molecule has 0 aliphatic rings. The Balaban J connectivity index is 1.78. The van der Waals surface area contributed by atoms with E-state index in [1.807, 2.05) is 84.9 Å². The van der Waals surface area contributed by atoms with Gasteiger partial charge in [0.25, 0.3) is 0 Å². The molecule has 0 bridgehead atoms. The van der Waals surface area contributed by atoms with Crippen molar-refractivity contribution in [3.8, 4) is 16.9 Å². The Morgan fingerprint density at radius 3 is 2.30 bits per heavy atom. The van der Waals surface area contributed by atoms with Crippen molar-refractivity contribution in [3.05, 3.63) is 108 Å². The van der Waals surface area contributed by atoms with Crippen molar-refractivity contribution in [3.63, 3.8) is 0 Å². The number of ketones is 1. The van der Waals surface area contributed by atoms with E-state index in [0.717, 1.165) is 16.8 Å². The van der Waals surface area contributed by atoms with E-state index in [0.29, 0.717) is 16.9 Å². The lowest BCUT2D eigenvalue weighted by Gasteiger charge is -2.20. The normalized spacial score (nSPS) is 11.5. The molecule has 0 spiro atoms. The summed E-state index contributed by atoms with van der Waals surface area (Å²) in [7, 11) is 1.59. The van der Waals surface area contributed by atoms with Crippen LogP contribution in [0.3, 0.4) is 0 Å². The van der Waals surface area contributed by atoms with Crippen molar-refractivity contribution in [2.45, 2.75) is 12.6 Å². The van der Waals surface area contributed by atoms with E-state index in [4.69, 9.17) is 4.74 Å². The van der Waals surface area contributed by atoms with Gasteiger partial charge >= 0.3 is 5.97 Å². The van der Waals surface area contributed by atoms with Gasteiger partial charge in [0.05, 0.1) is 7.11 Å². The number of carbonyl (C=O) groups is 2. The Morgan fingerprint density at radius 1 is 0.939 bits per heavy atom. The molecule has 6 heteroatoms. The van der Waals surface area contributed by atoms with Crippen LogP contribution in [0.25, 0.3) is 11.1 Å². The van der Waals surface area contributed by atoms with E-state index < -0.39 is 12.0 Å². The van der Waals surface area contributed by atoms with Gasteiger partial charge in [-0.05, 0) is 23.3 Å². The number of anilines is 1. The van der Waals surface area contributed by atoms with Crippen LogP contribution in [0.1, 0.15) is 22.0 Å². The molecule has 1 atom stereocenters. The zero-order valence-electron chi connectivity index (χ0n) is 18.1. The van der Waals surface area contributed by atoms with Gasteiger partial charge in [-0.25, -0.2) is 0 Å². The maximum Gasteiger partial charge on any atom is 0.323 e. The van der Waals surface area contributed by atoms with Crippen molar-refractivity contribution >= 4 is 17.4 Å². The summed E-state index contributed by atoms with van der Waals surface area (Å²) in [5, 5.41) is 12.6. The largest absolute Gasteiger partial charge is 0.497 e. The van der Waals surface area contributed by atoms with Gasteiger partial charge in [0, 0.05) is 35.3 Å². The first-order valence-corrected chi connectivity index (χ1v) is 10.5. The highest BCUT2D eigenvalue weighted by atomic mass is 16.5. The summed E-state index contributed by atoms with van der Waals surface area (Å²) in [6, 6.07) is 25.7. The number of nitrogens with one attached hydrogen (secondary N) is 1. The number of carbonyl (C=O) groups excluding carboxylic acids is 1. The summed E-state index contributed by atoms with van der Waals surface area (Å²) in [5.41, 5.74) is 3.53. The van der Waals surface area contributed by atoms with Crippen LogP contribution >= 0.6 is 0 Å². The van der Waals surface area contributed by atoms with Crippen LogP contribution in [-0.2, 0) is 11.3 Å². The van der Waals surface area contributed by atoms with Crippen molar-refractivity contribution in [2.24, 2.45) is 0 Å². The van der Waals surface area contributed by atoms with Crippen LogP contribution in [0.15, 0.2) is 97.3 Å². The van der Waals surface area contributed by atoms with Crippen molar-refractivity contribution in [2.75, 3.05) is 12.4 Å². The maximum absolute atomic E-state index is 13.9. The molecule has 6 nitrogen and oxygen atoms in total. The second kappa shape index (κ2) is 9.87. The van der Waals surface area contributed by atoms with E-state index in [-0.39, 0.29) is 12.3 Å². The fourth-order valence-corrected chi connectivity index (χ4v) is 3.78. The van der Waals surface area contributed by atoms with E-state index in [1.165, 1.54) is 4.57 Å². The highest BCUT2D eigenvalue weighted by molar-refractivity contribution is 6.07. The van der Waals surface area contributed by atoms with Crippen molar-refractivity contribution in [1.29, 1.82) is 0 Å². The number of hydrogen-bond donors (Lipinski definition) is 2. The Kier molecular flexibility index (Phi) is 6.55. The Labute approximate surface area is 192 Å². The SMILES string of the molecule is COc1cccc(NC(C(=O)c2cn(CC(=O)O)cc2-c2ccccc2)c2ccccc2)c1. The van der Waals surface area contributed by atoms with Gasteiger partial charge < -0.3 is 19.7 Å². The topological polar surface area (TPSA) is 80.6 Å². The quantitative estimate of drug-likeness (QED) is 0.346. The van der Waals surface area contributed by atoms with E-state index in [9.17, 15) is 14.7 Å². The van der Waals surface area contributed by atoms with Crippen LogP contribution in [0.4, 0.5) is 5.69 Å². The summed E-state index contributed by atoms with van der Waals surface area (Å²) in [6.07, 6.45) is 3.33. The van der Waals surface area contributed by atoms with Gasteiger partial charge in [-0.3, -0.25) is 9.59 Å². The summed E-state index contributed by atoms with van der Waals surface area (Å²) in [5.74, 6) is -0.457. The average Bonchev–Trinajstić information content (AvgIpc) is 3.26. The summed E-state index contributed by atoms with van der Waals surface area (Å²) >= 11 is 0. The van der Waals surface area contributed by atoms with Crippen LogP contribution < -0.4 is 10.1 Å². The van der Waals surface area contributed by atoms with Gasteiger partial charge in [-0.2, -0.15) is 0 Å². The van der Waals surface area contributed by atoms with Gasteiger partial charge in [-0.1, -0.05) is 66.7 Å². The molecule has 0 aliphatic heterocycles. The number of Topliss-reactive ketones (excluding diaryl/α,β-unsaturated/α-hetero) is 1. The second-order valence-corrected chi connectivity index (χ2v) is 7.60. The van der Waals surface area contributed by atoms with Gasteiger partial charge in [0.1, 0.15) is 18.3 Å². The molecule has 0 saturated carbocycles. The van der Waals surface area contributed by atoms with E-state index in [1.54, 1.807) is 19.5 Å². The number of aliphatic carboxylic acids is 1. The molecule has 3 aromatic carbocycles. The number of methoxy groups -OCH3 is 1. The molecule has 0 amide bonds. The molecule has 0 aliphatic carbocycles. The van der Waals surface area contributed by atoms with E-state index >= 15 is 0 Å². The first kappa shape index (κ1) is 21.9. The molecule has 0 fully saturated rings. The molecular formula is C27H24N2O4. The molecule has 1 aromatic heterocycles. The monoisotopic (exact) mass is 440 g/mol. The first-order valence-electron chi connectivity index (χ1n) is 10.5. The van der Waals surface area contributed by atoms with Crippen molar-refractivity contribution in [1.82, 2.24) is 4.57 Å². The molecular weight excluding hydrogens is 416 g/mol. The van der Waals surface area contributed by atoms with Crippen LogP contribution in [-0.4, -0.2) is 28.5 Å². The predicted octanol–water partition coefficient (Wildman–Crippen LogP) is 5.28. The minimum Gasteiger partial charge on any atom is -0.497 e. The van der Waals surface area contributed by atoms with E-state index in [2.05, 4.69) is 5.32 Å². The summed E-state index contributed by atoms with van der Waals surface area (Å²) < 4.78 is 6.85. The van der Waals surface area contributed by atoms with Gasteiger partial charge in [-0.15, -0.1) is 0 Å². The second-order valence-electron chi connectivity index (χ2n) is 7.60. The Hall–Kier alpha value is -4.32. The lowest BCUT2D eigenvalue weighted by Crippen LogP contribution is -2.21. The molecule has 0 saturated heterocycles. The zero-order valence-corrected chi connectivity index (χ0v) is 18.1. The fraction of sp³-hybridized carbons (Fsp3) is 0.111. The summed E-state index contributed by atoms with van der Waals surface area (Å²) in [4.78, 5) is 25.3. The van der Waals surface area contributed by atoms with Crippen molar-refractivity contribution < 1.29 is 19.4 Å². The molecule has 4 aromatic rings. The smallest absolute Gasteiger partial charge is 0.323 e. The highest BCUT2D eigenvalue weighted by Gasteiger charge is 2.26. The average molecular weight is 440 g/mol. The third-order valence-electron chi connectivity index (χ3n) is 5.32. The molecule has 33 heavy (non-hydrogen) atoms. The zero-order chi connectivity index (χ0) is 23.2. The van der Waals surface area contributed by atoms with Crippen LogP contribution in [0.5, 0.6) is 5.75 Å². The van der Waals surface area contributed by atoms with Crippen LogP contribution in [0, 0.1) is 0 Å². The number of rotatable bonds is 9. The Morgan fingerprint density at radius 2 is 1.64 bits per heavy atom. The fourth-order valence-electron chi connectivity index (χ4n) is 3.78. The number of hydrogen-bond acceptors (Lipinski definition) is 4. The third-order valence-corrected chi connectivity index (χ3v) is 5.32. The molecule has 1 heterocycles. The minimum atomic E-state index is -0.974. The van der Waals surface area contributed by atoms with Gasteiger partial charge in [0.15, 0.2) is 5.78 Å². The lowest BCUT2D eigenvalue weighted by atomic mass is 9.94. The van der Waals surface area contributed by atoms with Gasteiger partial charge in [0.2, 0.25) is 0 Å². The Bertz CT molecular complexity index is 1250. The lowest BCUT2D eigenvalue weighted by molar-refractivity contribution is -0.137. The number of benzene rings is 3. The highest BCUT2D eigenvalue weighted by Crippen LogP contribution is 2.31. The standard InChI is InChI=1S/C27H24N2O4/c1-33-22-14-8-13-21(15-22)28-26(20-11-6-3-7-12-20)27(32)24-17-29(18-25(30)31)16-23(24)19-9-4-2-5-10-19/h2-17,26,28H,18H2,1H3,(H,30,31). The minimum absolute atomic E-state index is 0.160. The van der Waals surface area contributed by atoms with Crippen LogP contribution in [0.2, 0.25) is 0 Å².